The Balaban J connectivity index is 2.15. The largest absolute Gasteiger partial charge is 0.385 e. The van der Waals surface area contributed by atoms with Crippen molar-refractivity contribution < 1.29 is 19.0 Å². The van der Waals surface area contributed by atoms with E-state index in [2.05, 4.69) is 0 Å². The van der Waals surface area contributed by atoms with Gasteiger partial charge in [0.05, 0.1) is 19.8 Å². The number of ether oxygens (including phenoxy) is 2. The highest BCUT2D eigenvalue weighted by atomic mass is 35.5. The van der Waals surface area contributed by atoms with Crippen LogP contribution >= 0.6 is 11.6 Å². The molecular weight excluding hydrogens is 235 g/mol. The van der Waals surface area contributed by atoms with Crippen LogP contribution in [-0.4, -0.2) is 31.0 Å². The van der Waals surface area contributed by atoms with Crippen molar-refractivity contribution in [2.24, 2.45) is 0 Å². The van der Waals surface area contributed by atoms with E-state index in [1.807, 2.05) is 0 Å². The fourth-order valence-electron chi connectivity index (χ4n) is 1.63. The van der Waals surface area contributed by atoms with Crippen molar-refractivity contribution in [3.8, 4) is 0 Å². The van der Waals surface area contributed by atoms with Crippen LogP contribution in [0.15, 0.2) is 18.2 Å². The molecule has 0 amide bonds. The summed E-state index contributed by atoms with van der Waals surface area (Å²) >= 11 is 5.63. The second-order valence-corrected chi connectivity index (χ2v) is 4.03. The van der Waals surface area contributed by atoms with E-state index in [-0.39, 0.29) is 12.2 Å². The van der Waals surface area contributed by atoms with Crippen LogP contribution in [-0.2, 0) is 9.47 Å². The topological polar surface area (TPSA) is 38.7 Å². The minimum absolute atomic E-state index is 0.180. The fraction of sp³-hybridized carbons (Fsp3) is 0.455. The molecule has 1 saturated heterocycles. The van der Waals surface area contributed by atoms with E-state index in [0.717, 1.165) is 0 Å². The highest BCUT2D eigenvalue weighted by molar-refractivity contribution is 6.30. The zero-order valence-electron chi connectivity index (χ0n) is 8.53. The highest BCUT2D eigenvalue weighted by Gasteiger charge is 2.26. The van der Waals surface area contributed by atoms with Crippen LogP contribution in [0.3, 0.4) is 0 Å². The summed E-state index contributed by atoms with van der Waals surface area (Å²) in [4.78, 5) is 0. The Kier molecular flexibility index (Phi) is 3.76. The van der Waals surface area contributed by atoms with Gasteiger partial charge in [0.15, 0.2) is 0 Å². The molecule has 0 aromatic heterocycles. The van der Waals surface area contributed by atoms with Gasteiger partial charge >= 0.3 is 0 Å². The number of aliphatic hydroxyl groups is 1. The smallest absolute Gasteiger partial charge is 0.130 e. The lowest BCUT2D eigenvalue weighted by Crippen LogP contribution is -2.34. The first-order valence-electron chi connectivity index (χ1n) is 5.01. The molecule has 1 aromatic rings. The molecule has 0 aliphatic carbocycles. The Labute approximate surface area is 97.7 Å². The van der Waals surface area contributed by atoms with Crippen LogP contribution in [0.2, 0.25) is 5.02 Å². The van der Waals surface area contributed by atoms with Crippen LogP contribution in [0.1, 0.15) is 11.7 Å². The van der Waals surface area contributed by atoms with Crippen molar-refractivity contribution >= 4 is 11.6 Å². The lowest BCUT2D eigenvalue weighted by molar-refractivity contribution is -0.134. The highest BCUT2D eigenvalue weighted by Crippen LogP contribution is 2.25. The lowest BCUT2D eigenvalue weighted by Gasteiger charge is -2.27. The summed E-state index contributed by atoms with van der Waals surface area (Å²) in [5.74, 6) is -0.533. The molecule has 1 aliphatic rings. The van der Waals surface area contributed by atoms with Gasteiger partial charge in [0.2, 0.25) is 0 Å². The summed E-state index contributed by atoms with van der Waals surface area (Å²) in [5.41, 5.74) is 0.180. The normalized spacial score (nSPS) is 23.1. The number of benzene rings is 1. The van der Waals surface area contributed by atoms with E-state index in [9.17, 15) is 9.50 Å². The Bertz CT molecular complexity index is 366. The van der Waals surface area contributed by atoms with E-state index in [1.165, 1.54) is 18.2 Å². The quantitative estimate of drug-likeness (QED) is 0.867. The van der Waals surface area contributed by atoms with Crippen LogP contribution < -0.4 is 0 Å². The van der Waals surface area contributed by atoms with E-state index >= 15 is 0 Å². The Morgan fingerprint density at radius 3 is 2.88 bits per heavy atom. The van der Waals surface area contributed by atoms with Crippen molar-refractivity contribution in [3.63, 3.8) is 0 Å². The maximum absolute atomic E-state index is 13.5. The zero-order chi connectivity index (χ0) is 11.5. The third-order valence-electron chi connectivity index (χ3n) is 2.48. The summed E-state index contributed by atoms with van der Waals surface area (Å²) in [6.45, 7) is 1.19. The van der Waals surface area contributed by atoms with Gasteiger partial charge in [0.1, 0.15) is 18.0 Å². The van der Waals surface area contributed by atoms with E-state index in [0.29, 0.717) is 18.2 Å². The number of hydrogen-bond acceptors (Lipinski definition) is 3. The van der Waals surface area contributed by atoms with Gasteiger partial charge in [0, 0.05) is 10.6 Å². The SMILES string of the molecule is OC(c1ccc(Cl)cc1F)C1COCCO1. The minimum atomic E-state index is -1.03. The fourth-order valence-corrected chi connectivity index (χ4v) is 1.79. The van der Waals surface area contributed by atoms with Gasteiger partial charge < -0.3 is 14.6 Å². The number of aliphatic hydroxyl groups excluding tert-OH is 1. The molecular formula is C11H12ClFO3. The van der Waals surface area contributed by atoms with Gasteiger partial charge in [-0.15, -0.1) is 0 Å². The first kappa shape index (κ1) is 11.8. The molecule has 5 heteroatoms. The predicted octanol–water partition coefficient (Wildman–Crippen LogP) is 1.93. The molecule has 88 valence electrons. The summed E-state index contributed by atoms with van der Waals surface area (Å²) in [6.07, 6.45) is -1.55. The van der Waals surface area contributed by atoms with Crippen LogP contribution in [0.4, 0.5) is 4.39 Å². The molecule has 0 saturated carbocycles. The maximum Gasteiger partial charge on any atom is 0.130 e. The van der Waals surface area contributed by atoms with Gasteiger partial charge in [-0.3, -0.25) is 0 Å². The average Bonchev–Trinajstić information content (AvgIpc) is 2.29. The van der Waals surface area contributed by atoms with Crippen LogP contribution in [0, 0.1) is 5.82 Å². The molecule has 1 heterocycles. The standard InChI is InChI=1S/C11H12ClFO3/c12-7-1-2-8(9(13)5-7)11(14)10-6-15-3-4-16-10/h1-2,5,10-11,14H,3-4,6H2. The Morgan fingerprint density at radius 2 is 2.25 bits per heavy atom. The van der Waals surface area contributed by atoms with Crippen molar-refractivity contribution in [1.82, 2.24) is 0 Å². The van der Waals surface area contributed by atoms with Gasteiger partial charge in [-0.2, -0.15) is 0 Å². The van der Waals surface area contributed by atoms with Crippen molar-refractivity contribution in [1.29, 1.82) is 0 Å². The summed E-state index contributed by atoms with van der Waals surface area (Å²) in [7, 11) is 0. The Morgan fingerprint density at radius 1 is 1.44 bits per heavy atom. The minimum Gasteiger partial charge on any atom is -0.385 e. The molecule has 0 spiro atoms. The monoisotopic (exact) mass is 246 g/mol. The maximum atomic E-state index is 13.5. The number of hydrogen-bond donors (Lipinski definition) is 1. The average molecular weight is 247 g/mol. The van der Waals surface area contributed by atoms with Crippen molar-refractivity contribution in [3.05, 3.63) is 34.6 Å². The second kappa shape index (κ2) is 5.10. The molecule has 2 unspecified atom stereocenters. The van der Waals surface area contributed by atoms with E-state index in [4.69, 9.17) is 21.1 Å². The summed E-state index contributed by atoms with van der Waals surface area (Å²) in [5, 5.41) is 10.2. The molecule has 2 atom stereocenters. The Hall–Kier alpha value is -0.680. The van der Waals surface area contributed by atoms with Crippen LogP contribution in [0.5, 0.6) is 0 Å². The zero-order valence-corrected chi connectivity index (χ0v) is 9.28. The molecule has 1 N–H and O–H groups in total. The molecule has 1 fully saturated rings. The van der Waals surface area contributed by atoms with Gasteiger partial charge in [-0.25, -0.2) is 4.39 Å². The number of halogens is 2. The molecule has 0 bridgehead atoms. The summed E-state index contributed by atoms with van der Waals surface area (Å²) < 4.78 is 24.0. The van der Waals surface area contributed by atoms with Crippen LogP contribution in [0.25, 0.3) is 0 Å². The molecule has 0 radical (unpaired) electrons. The van der Waals surface area contributed by atoms with Gasteiger partial charge in [-0.05, 0) is 12.1 Å². The predicted molar refractivity (Wildman–Crippen MR) is 56.9 cm³/mol. The van der Waals surface area contributed by atoms with Crippen molar-refractivity contribution in [2.45, 2.75) is 12.2 Å². The molecule has 1 aliphatic heterocycles. The third-order valence-corrected chi connectivity index (χ3v) is 2.71. The molecule has 16 heavy (non-hydrogen) atoms. The van der Waals surface area contributed by atoms with Gasteiger partial charge in [-0.1, -0.05) is 17.7 Å². The first-order valence-corrected chi connectivity index (χ1v) is 5.38. The summed E-state index contributed by atoms with van der Waals surface area (Å²) in [6, 6.07) is 4.16. The molecule has 3 nitrogen and oxygen atoms in total. The lowest BCUT2D eigenvalue weighted by atomic mass is 10.0. The molecule has 2 rings (SSSR count). The third kappa shape index (κ3) is 2.52. The number of rotatable bonds is 2. The first-order chi connectivity index (χ1) is 7.68. The van der Waals surface area contributed by atoms with E-state index < -0.39 is 18.0 Å². The van der Waals surface area contributed by atoms with E-state index in [1.54, 1.807) is 0 Å². The van der Waals surface area contributed by atoms with Crippen molar-refractivity contribution in [2.75, 3.05) is 19.8 Å². The molecule has 1 aromatic carbocycles. The second-order valence-electron chi connectivity index (χ2n) is 3.59. The van der Waals surface area contributed by atoms with Gasteiger partial charge in [0.25, 0.3) is 0 Å².